The predicted molar refractivity (Wildman–Crippen MR) is 92.8 cm³/mol. The fraction of sp³-hybridized carbons (Fsp3) is 0.467. The van der Waals surface area contributed by atoms with Gasteiger partial charge in [0.1, 0.15) is 11.1 Å². The first-order valence-electron chi connectivity index (χ1n) is 7.96. The zero-order valence-corrected chi connectivity index (χ0v) is 14.4. The zero-order valence-electron chi connectivity index (χ0n) is 13.5. The molecule has 1 aromatic heterocycles. The molecule has 0 amide bonds. The lowest BCUT2D eigenvalue weighted by Crippen LogP contribution is -2.45. The Kier molecular flexibility index (Phi) is 4.43. The van der Waals surface area contributed by atoms with E-state index in [4.69, 9.17) is 11.6 Å². The van der Waals surface area contributed by atoms with Crippen molar-refractivity contribution in [3.8, 4) is 0 Å². The number of benzene rings is 1. The summed E-state index contributed by atoms with van der Waals surface area (Å²) in [4.78, 5) is 25.8. The zero-order chi connectivity index (χ0) is 18.0. The minimum absolute atomic E-state index is 0. The third-order valence-electron chi connectivity index (χ3n) is 4.81. The molecule has 2 aromatic rings. The molecule has 0 bridgehead atoms. The van der Waals surface area contributed by atoms with Crippen LogP contribution in [0.5, 0.6) is 0 Å². The molecule has 1 aromatic carbocycles. The lowest BCUT2D eigenvalue weighted by Gasteiger charge is -2.22. The molecular formula is C15H17ClF3N5O2. The van der Waals surface area contributed by atoms with Gasteiger partial charge in [0.2, 0.25) is 0 Å². The van der Waals surface area contributed by atoms with E-state index < -0.39 is 51.3 Å². The number of rotatable bonds is 2. The number of fused-ring (bicyclic) bond motifs is 1. The Morgan fingerprint density at radius 1 is 1.00 bits per heavy atom. The summed E-state index contributed by atoms with van der Waals surface area (Å²) in [5.41, 5.74) is 2.42. The smallest absolute Gasteiger partial charge is 0.350 e. The highest BCUT2D eigenvalue weighted by Crippen LogP contribution is 2.39. The topological polar surface area (TPSA) is 99.3 Å². The maximum atomic E-state index is 15.2. The lowest BCUT2D eigenvalue weighted by atomic mass is 10.1. The third kappa shape index (κ3) is 2.47. The first kappa shape index (κ1) is 18.6. The van der Waals surface area contributed by atoms with Gasteiger partial charge in [-0.3, -0.25) is 9.36 Å². The summed E-state index contributed by atoms with van der Waals surface area (Å²) in [6, 6.07) is -0.682. The minimum atomic E-state index is -1.51. The average molecular weight is 392 g/mol. The summed E-state index contributed by atoms with van der Waals surface area (Å²) in [6.07, 6.45) is 1.63. The van der Waals surface area contributed by atoms with Gasteiger partial charge in [0, 0.05) is 25.2 Å². The van der Waals surface area contributed by atoms with Gasteiger partial charge in [-0.05, 0) is 19.3 Å². The molecule has 4 N–H and O–H groups in total. The Bertz CT molecular complexity index is 1020. The van der Waals surface area contributed by atoms with E-state index in [2.05, 4.69) is 0 Å². The molecular weight excluding hydrogens is 375 g/mol. The highest BCUT2D eigenvalue weighted by atomic mass is 35.5. The molecule has 142 valence electrons. The molecule has 11 heteroatoms. The number of hydrogen-bond donors (Lipinski definition) is 2. The van der Waals surface area contributed by atoms with Gasteiger partial charge in [-0.25, -0.2) is 18.0 Å². The Morgan fingerprint density at radius 3 is 2.19 bits per heavy atom. The number of anilines is 1. The summed E-state index contributed by atoms with van der Waals surface area (Å²) in [5, 5.41) is -0.851. The summed E-state index contributed by atoms with van der Waals surface area (Å²) in [6.45, 7) is 0.405. The molecule has 1 saturated heterocycles. The van der Waals surface area contributed by atoms with Gasteiger partial charge in [0.05, 0.1) is 5.52 Å². The van der Waals surface area contributed by atoms with Crippen LogP contribution >= 0.6 is 12.4 Å². The fourth-order valence-electron chi connectivity index (χ4n) is 3.42. The standard InChI is InChI=1S/C15H16F3N5O2.ClH/c16-9-8-12(22(7-1-2-7)15(25)23(20)14(8)24)11(18)13(10(9)17)21-4-3-6(19)5-21;/h6-7H,1-5,19-20H2;1H. The van der Waals surface area contributed by atoms with Crippen molar-refractivity contribution in [3.63, 3.8) is 0 Å². The molecule has 1 aliphatic heterocycles. The van der Waals surface area contributed by atoms with Crippen molar-refractivity contribution in [3.05, 3.63) is 38.3 Å². The maximum absolute atomic E-state index is 15.2. The van der Waals surface area contributed by atoms with Crippen LogP contribution in [-0.2, 0) is 0 Å². The fourth-order valence-corrected chi connectivity index (χ4v) is 3.42. The summed E-state index contributed by atoms with van der Waals surface area (Å²) < 4.78 is 45.5. The average Bonchev–Trinajstić information content (AvgIpc) is 3.32. The second-order valence-electron chi connectivity index (χ2n) is 6.57. The summed E-state index contributed by atoms with van der Waals surface area (Å²) >= 11 is 0. The van der Waals surface area contributed by atoms with Crippen LogP contribution in [0.2, 0.25) is 0 Å². The number of halogens is 4. The number of nitrogen functional groups attached to an aromatic ring is 1. The SMILES string of the molecule is Cl.NC1CCN(c2c(F)c(F)c3c(=O)n(N)c(=O)n(C4CC4)c3c2F)C1. The van der Waals surface area contributed by atoms with E-state index in [0.29, 0.717) is 19.3 Å². The van der Waals surface area contributed by atoms with Crippen LogP contribution in [0.1, 0.15) is 25.3 Å². The molecule has 4 rings (SSSR count). The second-order valence-corrected chi connectivity index (χ2v) is 6.57. The molecule has 7 nitrogen and oxygen atoms in total. The van der Waals surface area contributed by atoms with Crippen molar-refractivity contribution in [2.45, 2.75) is 31.3 Å². The third-order valence-corrected chi connectivity index (χ3v) is 4.81. The monoisotopic (exact) mass is 391 g/mol. The number of nitrogens with two attached hydrogens (primary N) is 2. The Hall–Kier alpha value is -2.20. The van der Waals surface area contributed by atoms with E-state index >= 15 is 4.39 Å². The van der Waals surface area contributed by atoms with E-state index in [9.17, 15) is 18.4 Å². The van der Waals surface area contributed by atoms with Gasteiger partial charge in [-0.15, -0.1) is 12.4 Å². The number of aromatic nitrogens is 2. The van der Waals surface area contributed by atoms with Crippen LogP contribution in [0.3, 0.4) is 0 Å². The van der Waals surface area contributed by atoms with Crippen molar-refractivity contribution in [1.82, 2.24) is 9.24 Å². The molecule has 1 aliphatic carbocycles. The van der Waals surface area contributed by atoms with Crippen LogP contribution in [0, 0.1) is 17.5 Å². The Morgan fingerprint density at radius 2 is 1.65 bits per heavy atom. The van der Waals surface area contributed by atoms with Gasteiger partial charge in [0.25, 0.3) is 5.56 Å². The molecule has 0 spiro atoms. The number of hydrogen-bond acceptors (Lipinski definition) is 5. The Balaban J connectivity index is 0.00000196. The van der Waals surface area contributed by atoms with E-state index in [0.717, 1.165) is 4.57 Å². The van der Waals surface area contributed by atoms with Crippen LogP contribution in [0.4, 0.5) is 18.9 Å². The highest BCUT2D eigenvalue weighted by Gasteiger charge is 2.35. The quantitative estimate of drug-likeness (QED) is 0.576. The van der Waals surface area contributed by atoms with Gasteiger partial charge < -0.3 is 16.5 Å². The molecule has 26 heavy (non-hydrogen) atoms. The van der Waals surface area contributed by atoms with Crippen LogP contribution in [0.15, 0.2) is 9.59 Å². The molecule has 0 radical (unpaired) electrons. The van der Waals surface area contributed by atoms with Gasteiger partial charge in [0.15, 0.2) is 17.5 Å². The van der Waals surface area contributed by atoms with E-state index in [1.165, 1.54) is 4.90 Å². The summed E-state index contributed by atoms with van der Waals surface area (Å²) in [7, 11) is 0. The van der Waals surface area contributed by atoms with E-state index in [1.54, 1.807) is 0 Å². The van der Waals surface area contributed by atoms with E-state index in [-0.39, 0.29) is 36.2 Å². The normalized spacial score (nSPS) is 19.8. The van der Waals surface area contributed by atoms with Crippen LogP contribution in [-0.4, -0.2) is 28.4 Å². The van der Waals surface area contributed by atoms with Crippen molar-refractivity contribution < 1.29 is 13.2 Å². The molecule has 1 atom stereocenters. The van der Waals surface area contributed by atoms with Gasteiger partial charge in [-0.1, -0.05) is 0 Å². The van der Waals surface area contributed by atoms with Crippen molar-refractivity contribution in [1.29, 1.82) is 0 Å². The second kappa shape index (κ2) is 6.20. The molecule has 2 heterocycles. The van der Waals surface area contributed by atoms with Crippen molar-refractivity contribution in [2.24, 2.45) is 5.73 Å². The Labute approximate surface area is 151 Å². The van der Waals surface area contributed by atoms with Gasteiger partial charge in [-0.2, -0.15) is 4.68 Å². The predicted octanol–water partition coefficient (Wildman–Crippen LogP) is 0.588. The number of nitrogens with zero attached hydrogens (tertiary/aromatic N) is 3. The highest BCUT2D eigenvalue weighted by molar-refractivity contribution is 5.85. The summed E-state index contributed by atoms with van der Waals surface area (Å²) in [5.74, 6) is 1.28. The van der Waals surface area contributed by atoms with Gasteiger partial charge >= 0.3 is 5.69 Å². The first-order chi connectivity index (χ1) is 11.8. The van der Waals surface area contributed by atoms with Crippen LogP contribution < -0.4 is 27.7 Å². The van der Waals surface area contributed by atoms with Crippen LogP contribution in [0.25, 0.3) is 10.9 Å². The van der Waals surface area contributed by atoms with E-state index in [1.807, 2.05) is 0 Å². The maximum Gasteiger partial charge on any atom is 0.350 e. The lowest BCUT2D eigenvalue weighted by molar-refractivity contribution is 0.498. The first-order valence-corrected chi connectivity index (χ1v) is 7.96. The molecule has 1 saturated carbocycles. The van der Waals surface area contributed by atoms with Crippen molar-refractivity contribution in [2.75, 3.05) is 23.8 Å². The minimum Gasteiger partial charge on any atom is -0.365 e. The largest absolute Gasteiger partial charge is 0.365 e. The molecule has 1 unspecified atom stereocenters. The molecule has 2 fully saturated rings. The van der Waals surface area contributed by atoms with Crippen molar-refractivity contribution >= 4 is 29.0 Å². The molecule has 2 aliphatic rings.